The third-order valence-corrected chi connectivity index (χ3v) is 1.62. The van der Waals surface area contributed by atoms with Crippen LogP contribution in [0.1, 0.15) is 13.8 Å². The number of imidazole rings is 1. The van der Waals surface area contributed by atoms with Crippen LogP contribution >= 0.6 is 0 Å². The van der Waals surface area contributed by atoms with E-state index in [0.717, 1.165) is 16.9 Å². The molecule has 0 atom stereocenters. The lowest BCUT2D eigenvalue weighted by Gasteiger charge is -2.08. The number of pyridine rings is 1. The van der Waals surface area contributed by atoms with Gasteiger partial charge in [-0.1, -0.05) is 0 Å². The monoisotopic (exact) mass is 177 g/mol. The second-order valence-corrected chi connectivity index (χ2v) is 3.11. The summed E-state index contributed by atoms with van der Waals surface area (Å²) in [6.07, 6.45) is 3.47. The van der Waals surface area contributed by atoms with E-state index in [2.05, 4.69) is 15.0 Å². The first kappa shape index (κ1) is 8.04. The highest BCUT2D eigenvalue weighted by atomic mass is 16.5. The molecule has 68 valence electrons. The maximum Gasteiger partial charge on any atom is 0.177 e. The third kappa shape index (κ3) is 1.61. The number of hydrogen-bond donors (Lipinski definition) is 1. The van der Waals surface area contributed by atoms with Gasteiger partial charge in [-0.05, 0) is 13.8 Å². The fourth-order valence-electron chi connectivity index (χ4n) is 1.15. The van der Waals surface area contributed by atoms with Gasteiger partial charge in [0, 0.05) is 6.07 Å². The molecule has 4 heteroatoms. The van der Waals surface area contributed by atoms with E-state index in [1.807, 2.05) is 19.9 Å². The molecule has 0 aliphatic carbocycles. The molecule has 2 heterocycles. The van der Waals surface area contributed by atoms with Gasteiger partial charge in [0.1, 0.15) is 5.75 Å². The maximum absolute atomic E-state index is 5.48. The van der Waals surface area contributed by atoms with Gasteiger partial charge in [0.25, 0.3) is 0 Å². The molecule has 0 aromatic carbocycles. The Balaban J connectivity index is 2.37. The molecule has 0 unspecified atom stereocenters. The highest BCUT2D eigenvalue weighted by Gasteiger charge is 2.01. The highest BCUT2D eigenvalue weighted by molar-refractivity contribution is 5.70. The van der Waals surface area contributed by atoms with Gasteiger partial charge in [-0.25, -0.2) is 9.97 Å². The fourth-order valence-corrected chi connectivity index (χ4v) is 1.15. The van der Waals surface area contributed by atoms with Crippen LogP contribution in [0.15, 0.2) is 18.6 Å². The van der Waals surface area contributed by atoms with E-state index in [9.17, 15) is 0 Å². The molecule has 4 nitrogen and oxygen atoms in total. The Morgan fingerprint density at radius 1 is 1.38 bits per heavy atom. The Kier molecular flexibility index (Phi) is 1.88. The van der Waals surface area contributed by atoms with Crippen LogP contribution < -0.4 is 4.74 Å². The average molecular weight is 177 g/mol. The van der Waals surface area contributed by atoms with Crippen molar-refractivity contribution in [2.75, 3.05) is 0 Å². The van der Waals surface area contributed by atoms with Gasteiger partial charge in [0.05, 0.1) is 24.1 Å². The lowest BCUT2D eigenvalue weighted by atomic mass is 10.4. The molecule has 0 saturated carbocycles. The molecule has 0 amide bonds. The number of nitrogens with one attached hydrogen (secondary N) is 1. The van der Waals surface area contributed by atoms with Crippen LogP contribution in [0.25, 0.3) is 11.2 Å². The van der Waals surface area contributed by atoms with Crippen molar-refractivity contribution in [1.82, 2.24) is 15.0 Å². The second kappa shape index (κ2) is 3.05. The Morgan fingerprint density at radius 2 is 2.23 bits per heavy atom. The van der Waals surface area contributed by atoms with Crippen LogP contribution in [-0.2, 0) is 0 Å². The summed E-state index contributed by atoms with van der Waals surface area (Å²) in [5, 5.41) is 0. The van der Waals surface area contributed by atoms with E-state index >= 15 is 0 Å². The van der Waals surface area contributed by atoms with Gasteiger partial charge < -0.3 is 9.72 Å². The van der Waals surface area contributed by atoms with Crippen molar-refractivity contribution in [1.29, 1.82) is 0 Å². The standard InChI is InChI=1S/C9H11N3O/c1-6(2)13-7-3-8-9(10-4-7)12-5-11-8/h3-6H,1-2H3,(H,10,11,12). The minimum atomic E-state index is 0.169. The van der Waals surface area contributed by atoms with Crippen molar-refractivity contribution in [2.45, 2.75) is 20.0 Å². The molecule has 0 spiro atoms. The van der Waals surface area contributed by atoms with Crippen molar-refractivity contribution in [2.24, 2.45) is 0 Å². The molecule has 0 bridgehead atoms. The van der Waals surface area contributed by atoms with Crippen molar-refractivity contribution in [3.63, 3.8) is 0 Å². The smallest absolute Gasteiger partial charge is 0.177 e. The molecule has 1 N–H and O–H groups in total. The van der Waals surface area contributed by atoms with E-state index in [4.69, 9.17) is 4.74 Å². The number of H-pyrrole nitrogens is 1. The van der Waals surface area contributed by atoms with E-state index in [1.165, 1.54) is 0 Å². The summed E-state index contributed by atoms with van der Waals surface area (Å²) < 4.78 is 5.48. The molecule has 2 rings (SSSR count). The van der Waals surface area contributed by atoms with Gasteiger partial charge in [0.2, 0.25) is 0 Å². The molecule has 0 aliphatic rings. The van der Waals surface area contributed by atoms with Crippen molar-refractivity contribution in [3.8, 4) is 5.75 Å². The summed E-state index contributed by atoms with van der Waals surface area (Å²) in [6, 6.07) is 1.90. The number of nitrogens with zero attached hydrogens (tertiary/aromatic N) is 2. The number of rotatable bonds is 2. The number of aromatic nitrogens is 3. The SMILES string of the molecule is CC(C)Oc1cnc2nc[nH]c2c1. The summed E-state index contributed by atoms with van der Waals surface area (Å²) in [4.78, 5) is 11.1. The summed E-state index contributed by atoms with van der Waals surface area (Å²) in [6.45, 7) is 3.97. The quantitative estimate of drug-likeness (QED) is 0.760. The van der Waals surface area contributed by atoms with Crippen LogP contribution in [-0.4, -0.2) is 21.1 Å². The maximum atomic E-state index is 5.48. The molecule has 2 aromatic rings. The third-order valence-electron chi connectivity index (χ3n) is 1.62. The topological polar surface area (TPSA) is 50.8 Å². The van der Waals surface area contributed by atoms with Gasteiger partial charge in [0.15, 0.2) is 5.65 Å². The predicted molar refractivity (Wildman–Crippen MR) is 49.7 cm³/mol. The lowest BCUT2D eigenvalue weighted by molar-refractivity contribution is 0.242. The van der Waals surface area contributed by atoms with E-state index in [1.54, 1.807) is 12.5 Å². The predicted octanol–water partition coefficient (Wildman–Crippen LogP) is 1.75. The molecule has 13 heavy (non-hydrogen) atoms. The Hall–Kier alpha value is -1.58. The minimum Gasteiger partial charge on any atom is -0.489 e. The Bertz CT molecular complexity index is 408. The van der Waals surface area contributed by atoms with Gasteiger partial charge in [-0.3, -0.25) is 0 Å². The first-order valence-corrected chi connectivity index (χ1v) is 4.21. The Labute approximate surface area is 76.0 Å². The van der Waals surface area contributed by atoms with Crippen LogP contribution in [0.3, 0.4) is 0 Å². The molecule has 0 saturated heterocycles. The summed E-state index contributed by atoms with van der Waals surface area (Å²) in [5.41, 5.74) is 1.62. The summed E-state index contributed by atoms with van der Waals surface area (Å²) >= 11 is 0. The number of fused-ring (bicyclic) bond motifs is 1. The molecular formula is C9H11N3O. The van der Waals surface area contributed by atoms with E-state index in [0.29, 0.717) is 0 Å². The van der Waals surface area contributed by atoms with E-state index in [-0.39, 0.29) is 6.10 Å². The number of aromatic amines is 1. The zero-order chi connectivity index (χ0) is 9.26. The minimum absolute atomic E-state index is 0.169. The molecule has 0 fully saturated rings. The lowest BCUT2D eigenvalue weighted by Crippen LogP contribution is -2.05. The molecule has 0 aliphatic heterocycles. The second-order valence-electron chi connectivity index (χ2n) is 3.11. The summed E-state index contributed by atoms with van der Waals surface area (Å²) in [7, 11) is 0. The molecular weight excluding hydrogens is 166 g/mol. The first-order valence-electron chi connectivity index (χ1n) is 4.21. The normalized spacial score (nSPS) is 11.0. The van der Waals surface area contributed by atoms with Crippen molar-refractivity contribution < 1.29 is 4.74 Å². The summed E-state index contributed by atoms with van der Waals surface area (Å²) in [5.74, 6) is 0.770. The highest BCUT2D eigenvalue weighted by Crippen LogP contribution is 2.15. The first-order chi connectivity index (χ1) is 6.25. The number of ether oxygens (including phenoxy) is 1. The van der Waals surface area contributed by atoms with Crippen LogP contribution in [0.4, 0.5) is 0 Å². The Morgan fingerprint density at radius 3 is 3.00 bits per heavy atom. The largest absolute Gasteiger partial charge is 0.489 e. The van der Waals surface area contributed by atoms with Crippen LogP contribution in [0.5, 0.6) is 5.75 Å². The van der Waals surface area contributed by atoms with Crippen LogP contribution in [0, 0.1) is 0 Å². The van der Waals surface area contributed by atoms with Crippen molar-refractivity contribution in [3.05, 3.63) is 18.6 Å². The fraction of sp³-hybridized carbons (Fsp3) is 0.333. The van der Waals surface area contributed by atoms with Gasteiger partial charge in [-0.15, -0.1) is 0 Å². The average Bonchev–Trinajstić information content (AvgIpc) is 2.49. The van der Waals surface area contributed by atoms with Crippen molar-refractivity contribution >= 4 is 11.2 Å². The molecule has 2 aromatic heterocycles. The van der Waals surface area contributed by atoms with Gasteiger partial charge >= 0.3 is 0 Å². The molecule has 0 radical (unpaired) electrons. The zero-order valence-electron chi connectivity index (χ0n) is 7.61. The number of hydrogen-bond acceptors (Lipinski definition) is 3. The zero-order valence-corrected chi connectivity index (χ0v) is 7.61. The van der Waals surface area contributed by atoms with Crippen LogP contribution in [0.2, 0.25) is 0 Å². The van der Waals surface area contributed by atoms with Gasteiger partial charge in [-0.2, -0.15) is 0 Å². The van der Waals surface area contributed by atoms with E-state index < -0.39 is 0 Å².